The Morgan fingerprint density at radius 1 is 1.62 bits per heavy atom. The molecule has 1 aromatic heterocycles. The van der Waals surface area contributed by atoms with Gasteiger partial charge in [0.05, 0.1) is 22.3 Å². The molecule has 1 N–H and O–H groups in total. The maximum atomic E-state index is 12.0. The van der Waals surface area contributed by atoms with Crippen LogP contribution in [0.4, 0.5) is 0 Å². The molecule has 1 fully saturated rings. The Morgan fingerprint density at radius 2 is 2.44 bits per heavy atom. The monoisotopic (exact) mass is 258 g/mol. The second kappa shape index (κ2) is 5.30. The third kappa shape index (κ3) is 3.06. The van der Waals surface area contributed by atoms with Crippen LogP contribution in [0.1, 0.15) is 29.4 Å². The first-order chi connectivity index (χ1) is 7.65. The highest BCUT2D eigenvalue weighted by Crippen LogP contribution is 2.21. The molecule has 1 aliphatic heterocycles. The number of quaternary nitrogens is 1. The van der Waals surface area contributed by atoms with Crippen molar-refractivity contribution in [2.24, 2.45) is 5.92 Å². The molecule has 0 aliphatic carbocycles. The quantitative estimate of drug-likeness (QED) is 0.822. The van der Waals surface area contributed by atoms with E-state index in [1.807, 2.05) is 6.07 Å². The van der Waals surface area contributed by atoms with E-state index < -0.39 is 0 Å². The van der Waals surface area contributed by atoms with Gasteiger partial charge in [-0.2, -0.15) is 0 Å². The van der Waals surface area contributed by atoms with Gasteiger partial charge in [0.25, 0.3) is 0 Å². The van der Waals surface area contributed by atoms with Crippen molar-refractivity contribution >= 4 is 28.7 Å². The standard InChI is InChI=1S/C12H16ClNOS/c1-9-3-2-6-14(7-9)8-10(15)11-4-5-12(13)16-11/h4-5,9H,2-3,6-8H2,1H3/p+1/t9-/m0/s1. The molecule has 1 saturated heterocycles. The molecule has 0 bridgehead atoms. The van der Waals surface area contributed by atoms with E-state index in [2.05, 4.69) is 6.92 Å². The van der Waals surface area contributed by atoms with Gasteiger partial charge in [0.2, 0.25) is 5.78 Å². The first kappa shape index (κ1) is 12.1. The summed E-state index contributed by atoms with van der Waals surface area (Å²) in [7, 11) is 0. The number of ketones is 1. The molecule has 0 saturated carbocycles. The van der Waals surface area contributed by atoms with Crippen LogP contribution in [-0.4, -0.2) is 25.4 Å². The Hall–Kier alpha value is -0.380. The first-order valence-corrected chi connectivity index (χ1v) is 6.96. The van der Waals surface area contributed by atoms with Crippen LogP contribution in [0.15, 0.2) is 12.1 Å². The predicted molar refractivity (Wildman–Crippen MR) is 67.6 cm³/mol. The van der Waals surface area contributed by atoms with Crippen LogP contribution >= 0.6 is 22.9 Å². The second-order valence-corrected chi connectivity index (χ2v) is 6.37. The van der Waals surface area contributed by atoms with Crippen molar-refractivity contribution < 1.29 is 9.69 Å². The minimum atomic E-state index is 0.237. The summed E-state index contributed by atoms with van der Waals surface area (Å²) in [6.45, 7) is 5.16. The van der Waals surface area contributed by atoms with Gasteiger partial charge in [-0.25, -0.2) is 0 Å². The maximum absolute atomic E-state index is 12.0. The maximum Gasteiger partial charge on any atom is 0.226 e. The number of thiophene rings is 1. The number of carbonyl (C=O) groups is 1. The van der Waals surface area contributed by atoms with Crippen LogP contribution in [0, 0.1) is 5.92 Å². The number of rotatable bonds is 3. The van der Waals surface area contributed by atoms with Gasteiger partial charge < -0.3 is 4.90 Å². The fourth-order valence-electron chi connectivity index (χ4n) is 2.34. The molecule has 2 rings (SSSR count). The molecule has 0 amide bonds. The first-order valence-electron chi connectivity index (χ1n) is 5.77. The minimum absolute atomic E-state index is 0.237. The van der Waals surface area contributed by atoms with Crippen LogP contribution < -0.4 is 4.90 Å². The highest BCUT2D eigenvalue weighted by Gasteiger charge is 2.23. The largest absolute Gasteiger partial charge is 0.328 e. The molecule has 2 nitrogen and oxygen atoms in total. The Bertz CT molecular complexity index is 377. The molecule has 0 aromatic carbocycles. The Balaban J connectivity index is 1.92. The lowest BCUT2D eigenvalue weighted by Gasteiger charge is -2.27. The molecule has 2 heterocycles. The third-order valence-corrected chi connectivity index (χ3v) is 4.40. The molecule has 4 heteroatoms. The number of hydrogen-bond donors (Lipinski definition) is 1. The molecule has 16 heavy (non-hydrogen) atoms. The van der Waals surface area contributed by atoms with Gasteiger partial charge in [-0.3, -0.25) is 4.79 Å². The van der Waals surface area contributed by atoms with Crippen molar-refractivity contribution in [3.63, 3.8) is 0 Å². The highest BCUT2D eigenvalue weighted by molar-refractivity contribution is 7.18. The molecule has 0 radical (unpaired) electrons. The number of nitrogens with one attached hydrogen (secondary N) is 1. The smallest absolute Gasteiger partial charge is 0.226 e. The zero-order valence-electron chi connectivity index (χ0n) is 9.46. The highest BCUT2D eigenvalue weighted by atomic mass is 35.5. The Morgan fingerprint density at radius 3 is 3.06 bits per heavy atom. The zero-order chi connectivity index (χ0) is 11.5. The number of carbonyl (C=O) groups excluding carboxylic acids is 1. The van der Waals surface area contributed by atoms with Gasteiger partial charge in [0, 0.05) is 5.92 Å². The molecular formula is C12H17ClNOS+. The summed E-state index contributed by atoms with van der Waals surface area (Å²) in [5.41, 5.74) is 0. The van der Waals surface area contributed by atoms with Crippen LogP contribution in [0.3, 0.4) is 0 Å². The number of hydrogen-bond acceptors (Lipinski definition) is 2. The molecule has 1 aliphatic rings. The molecule has 1 aromatic rings. The second-order valence-electron chi connectivity index (χ2n) is 4.66. The van der Waals surface area contributed by atoms with Gasteiger partial charge in [-0.1, -0.05) is 18.5 Å². The van der Waals surface area contributed by atoms with E-state index in [9.17, 15) is 4.79 Å². The van der Waals surface area contributed by atoms with Crippen molar-refractivity contribution in [2.75, 3.05) is 19.6 Å². The van der Waals surface area contributed by atoms with Gasteiger partial charge in [0.1, 0.15) is 6.54 Å². The van der Waals surface area contributed by atoms with Gasteiger partial charge in [-0.15, -0.1) is 11.3 Å². The molecule has 88 valence electrons. The lowest BCUT2D eigenvalue weighted by molar-refractivity contribution is -0.900. The summed E-state index contributed by atoms with van der Waals surface area (Å²) in [6.07, 6.45) is 2.55. The lowest BCUT2D eigenvalue weighted by Crippen LogP contribution is -3.14. The third-order valence-electron chi connectivity index (χ3n) is 3.12. The van der Waals surface area contributed by atoms with Crippen molar-refractivity contribution in [2.45, 2.75) is 19.8 Å². The normalized spacial score (nSPS) is 25.6. The average molecular weight is 259 g/mol. The number of likely N-dealkylation sites (tertiary alicyclic amines) is 1. The van der Waals surface area contributed by atoms with E-state index in [0.29, 0.717) is 10.9 Å². The number of Topliss-reactive ketones (excluding diaryl/α,β-unsaturated/α-hetero) is 1. The van der Waals surface area contributed by atoms with E-state index in [1.54, 1.807) is 6.07 Å². The molecule has 2 atom stereocenters. The zero-order valence-corrected chi connectivity index (χ0v) is 11.0. The lowest BCUT2D eigenvalue weighted by atomic mass is 10.0. The van der Waals surface area contributed by atoms with Crippen molar-refractivity contribution in [3.8, 4) is 0 Å². The van der Waals surface area contributed by atoms with Crippen molar-refractivity contribution in [1.29, 1.82) is 0 Å². The van der Waals surface area contributed by atoms with Crippen molar-refractivity contribution in [1.82, 2.24) is 0 Å². The van der Waals surface area contributed by atoms with E-state index in [4.69, 9.17) is 11.6 Å². The van der Waals surface area contributed by atoms with Crippen LogP contribution in [0.5, 0.6) is 0 Å². The molecular weight excluding hydrogens is 242 g/mol. The van der Waals surface area contributed by atoms with E-state index in [-0.39, 0.29) is 5.78 Å². The molecule has 0 spiro atoms. The topological polar surface area (TPSA) is 21.5 Å². The summed E-state index contributed by atoms with van der Waals surface area (Å²) in [4.78, 5) is 14.2. The Labute approximate surface area is 105 Å². The summed E-state index contributed by atoms with van der Waals surface area (Å²) < 4.78 is 0.699. The van der Waals surface area contributed by atoms with Gasteiger partial charge >= 0.3 is 0 Å². The number of piperidine rings is 1. The summed E-state index contributed by atoms with van der Waals surface area (Å²) in [6, 6.07) is 3.63. The van der Waals surface area contributed by atoms with Gasteiger partial charge in [0.15, 0.2) is 0 Å². The summed E-state index contributed by atoms with van der Waals surface area (Å²) >= 11 is 7.22. The van der Waals surface area contributed by atoms with Crippen LogP contribution in [-0.2, 0) is 0 Å². The average Bonchev–Trinajstić information content (AvgIpc) is 2.65. The summed E-state index contributed by atoms with van der Waals surface area (Å²) in [5.74, 6) is 0.990. The number of halogens is 1. The van der Waals surface area contributed by atoms with E-state index in [0.717, 1.165) is 23.9 Å². The molecule has 1 unspecified atom stereocenters. The Kier molecular flexibility index (Phi) is 4.00. The minimum Gasteiger partial charge on any atom is -0.328 e. The van der Waals surface area contributed by atoms with Gasteiger partial charge in [-0.05, 0) is 25.0 Å². The van der Waals surface area contributed by atoms with Crippen LogP contribution in [0.2, 0.25) is 4.34 Å². The van der Waals surface area contributed by atoms with Crippen LogP contribution in [0.25, 0.3) is 0 Å². The SMILES string of the molecule is C[C@H]1CCC[NH+](CC(=O)c2ccc(Cl)s2)C1. The van der Waals surface area contributed by atoms with E-state index in [1.165, 1.54) is 29.1 Å². The summed E-state index contributed by atoms with van der Waals surface area (Å²) in [5, 5.41) is 0. The fourth-order valence-corrected chi connectivity index (χ4v) is 3.32. The predicted octanol–water partition coefficient (Wildman–Crippen LogP) is 1.90. The van der Waals surface area contributed by atoms with E-state index >= 15 is 0 Å². The fraction of sp³-hybridized carbons (Fsp3) is 0.583. The van der Waals surface area contributed by atoms with Crippen molar-refractivity contribution in [3.05, 3.63) is 21.3 Å².